The molecule has 0 aliphatic carbocycles. The molecule has 1 aliphatic heterocycles. The van der Waals surface area contributed by atoms with Gasteiger partial charge < -0.3 is 15.0 Å². The monoisotopic (exact) mass is 434 g/mol. The summed E-state index contributed by atoms with van der Waals surface area (Å²) in [6, 6.07) is 10.4. The maximum absolute atomic E-state index is 12.9. The van der Waals surface area contributed by atoms with Gasteiger partial charge in [-0.2, -0.15) is 13.2 Å². The average Bonchev–Trinajstić information content (AvgIpc) is 2.71. The molecule has 0 unspecified atom stereocenters. The third-order valence-corrected chi connectivity index (χ3v) is 5.36. The molecule has 0 spiro atoms. The maximum Gasteiger partial charge on any atom is 0.471 e. The van der Waals surface area contributed by atoms with Crippen LogP contribution >= 0.6 is 0 Å². The van der Waals surface area contributed by atoms with Crippen LogP contribution in [0.25, 0.3) is 0 Å². The Morgan fingerprint density at radius 3 is 2.42 bits per heavy atom. The van der Waals surface area contributed by atoms with E-state index in [0.29, 0.717) is 22.6 Å². The fourth-order valence-electron chi connectivity index (χ4n) is 3.61. The molecule has 5 nitrogen and oxygen atoms in total. The number of carbonyl (C=O) groups excluding carboxylic acids is 2. The Balaban J connectivity index is 1.84. The fourth-order valence-corrected chi connectivity index (χ4v) is 3.61. The molecule has 1 heterocycles. The van der Waals surface area contributed by atoms with Crippen molar-refractivity contribution in [3.63, 3.8) is 0 Å². The van der Waals surface area contributed by atoms with Crippen molar-refractivity contribution in [3.8, 4) is 5.75 Å². The number of nitrogens with one attached hydrogen (secondary N) is 1. The van der Waals surface area contributed by atoms with E-state index in [9.17, 15) is 22.8 Å². The first-order chi connectivity index (χ1) is 14.4. The molecule has 0 radical (unpaired) electrons. The lowest BCUT2D eigenvalue weighted by Crippen LogP contribution is -2.43. The first kappa shape index (κ1) is 22.7. The number of ether oxygens (including phenoxy) is 1. The van der Waals surface area contributed by atoms with Gasteiger partial charge in [0.25, 0.3) is 5.91 Å². The zero-order chi connectivity index (χ0) is 23.0. The van der Waals surface area contributed by atoms with Gasteiger partial charge in [0, 0.05) is 18.8 Å². The van der Waals surface area contributed by atoms with E-state index in [1.807, 2.05) is 12.1 Å². The van der Waals surface area contributed by atoms with E-state index in [0.717, 1.165) is 16.0 Å². The predicted molar refractivity (Wildman–Crippen MR) is 111 cm³/mol. The van der Waals surface area contributed by atoms with Crippen LogP contribution in [0.2, 0.25) is 0 Å². The molecule has 0 aromatic heterocycles. The number of alkyl halides is 3. The number of hydrogen-bond acceptors (Lipinski definition) is 3. The van der Waals surface area contributed by atoms with Gasteiger partial charge in [0.1, 0.15) is 5.75 Å². The Morgan fingerprint density at radius 2 is 1.81 bits per heavy atom. The topological polar surface area (TPSA) is 58.6 Å². The van der Waals surface area contributed by atoms with Crippen molar-refractivity contribution in [2.45, 2.75) is 45.3 Å². The first-order valence-corrected chi connectivity index (χ1v) is 9.88. The third kappa shape index (κ3) is 4.84. The molecule has 0 saturated heterocycles. The minimum atomic E-state index is -4.90. The van der Waals surface area contributed by atoms with E-state index < -0.39 is 12.1 Å². The largest absolute Gasteiger partial charge is 0.496 e. The molecular weight excluding hydrogens is 409 g/mol. The van der Waals surface area contributed by atoms with Crippen molar-refractivity contribution in [2.24, 2.45) is 0 Å². The summed E-state index contributed by atoms with van der Waals surface area (Å²) in [4.78, 5) is 25.3. The van der Waals surface area contributed by atoms with Crippen LogP contribution in [0, 0.1) is 0 Å². The number of halogens is 3. The number of hydrogen-bond donors (Lipinski definition) is 1. The Bertz CT molecular complexity index is 1010. The van der Waals surface area contributed by atoms with Gasteiger partial charge in [-0.25, -0.2) is 0 Å². The van der Waals surface area contributed by atoms with E-state index >= 15 is 0 Å². The zero-order valence-electron chi connectivity index (χ0n) is 17.9. The quantitative estimate of drug-likeness (QED) is 0.763. The summed E-state index contributed by atoms with van der Waals surface area (Å²) in [7, 11) is 1.50. The third-order valence-electron chi connectivity index (χ3n) is 5.36. The maximum atomic E-state index is 12.9. The van der Waals surface area contributed by atoms with Crippen LogP contribution in [0.3, 0.4) is 0 Å². The smallest absolute Gasteiger partial charge is 0.471 e. The van der Waals surface area contributed by atoms with Crippen LogP contribution in [0.15, 0.2) is 36.4 Å². The van der Waals surface area contributed by atoms with Gasteiger partial charge in [-0.1, -0.05) is 39.0 Å². The summed E-state index contributed by atoms with van der Waals surface area (Å²) in [5, 5.41) is 2.85. The molecule has 0 saturated carbocycles. The van der Waals surface area contributed by atoms with Gasteiger partial charge in [0.2, 0.25) is 0 Å². The van der Waals surface area contributed by atoms with E-state index in [4.69, 9.17) is 4.74 Å². The van der Waals surface area contributed by atoms with Crippen molar-refractivity contribution in [2.75, 3.05) is 19.0 Å². The number of carbonyl (C=O) groups is 2. The summed E-state index contributed by atoms with van der Waals surface area (Å²) in [6.07, 6.45) is -4.69. The molecule has 166 valence electrons. The standard InChI is InChI=1S/C23H25F3N2O3/c1-22(2,3)15-8-9-17(19(12-15)31-4)20(29)27-18-7-5-6-14-13-28(11-10-16(14)18)21(30)23(24,25)26/h5-9,12H,10-11,13H2,1-4H3,(H,27,29). The zero-order valence-corrected chi connectivity index (χ0v) is 17.9. The second-order valence-corrected chi connectivity index (χ2v) is 8.54. The summed E-state index contributed by atoms with van der Waals surface area (Å²) < 4.78 is 43.7. The van der Waals surface area contributed by atoms with Gasteiger partial charge >= 0.3 is 12.1 Å². The van der Waals surface area contributed by atoms with Gasteiger partial charge in [-0.15, -0.1) is 0 Å². The molecule has 2 amide bonds. The molecule has 3 rings (SSSR count). The summed E-state index contributed by atoms with van der Waals surface area (Å²) in [5.74, 6) is -1.78. The minimum absolute atomic E-state index is 0.0676. The number of amides is 2. The number of methoxy groups -OCH3 is 1. The highest BCUT2D eigenvalue weighted by Crippen LogP contribution is 2.31. The SMILES string of the molecule is COc1cc(C(C)(C)C)ccc1C(=O)Nc1cccc2c1CCN(C(=O)C(F)(F)F)C2. The van der Waals surface area contributed by atoms with Crippen LogP contribution in [-0.4, -0.2) is 36.5 Å². The van der Waals surface area contributed by atoms with Crippen LogP contribution in [0.4, 0.5) is 18.9 Å². The molecule has 1 N–H and O–H groups in total. The van der Waals surface area contributed by atoms with Crippen molar-refractivity contribution < 1.29 is 27.5 Å². The first-order valence-electron chi connectivity index (χ1n) is 9.88. The minimum Gasteiger partial charge on any atom is -0.496 e. The van der Waals surface area contributed by atoms with E-state index in [2.05, 4.69) is 26.1 Å². The Morgan fingerprint density at radius 1 is 1.10 bits per heavy atom. The number of benzene rings is 2. The molecule has 8 heteroatoms. The highest BCUT2D eigenvalue weighted by Gasteiger charge is 2.43. The van der Waals surface area contributed by atoms with Crippen molar-refractivity contribution in [3.05, 3.63) is 58.7 Å². The van der Waals surface area contributed by atoms with Gasteiger partial charge in [-0.3, -0.25) is 9.59 Å². The molecular formula is C23H25F3N2O3. The number of rotatable bonds is 3. The number of nitrogens with zero attached hydrogens (tertiary/aromatic N) is 1. The van der Waals surface area contributed by atoms with E-state index in [-0.39, 0.29) is 30.8 Å². The average molecular weight is 434 g/mol. The summed E-state index contributed by atoms with van der Waals surface area (Å²) in [5.41, 5.74) is 3.10. The summed E-state index contributed by atoms with van der Waals surface area (Å²) in [6.45, 7) is 5.96. The normalized spacial score (nSPS) is 14.1. The predicted octanol–water partition coefficient (Wildman–Crippen LogP) is 4.69. The molecule has 2 aromatic carbocycles. The molecule has 0 bridgehead atoms. The van der Waals surface area contributed by atoms with Crippen LogP contribution in [0.5, 0.6) is 5.75 Å². The van der Waals surface area contributed by atoms with Gasteiger partial charge in [0.05, 0.1) is 12.7 Å². The lowest BCUT2D eigenvalue weighted by molar-refractivity contribution is -0.186. The fraction of sp³-hybridized carbons (Fsp3) is 0.391. The Labute approximate surface area is 179 Å². The lowest BCUT2D eigenvalue weighted by atomic mass is 9.86. The highest BCUT2D eigenvalue weighted by atomic mass is 19.4. The second kappa shape index (κ2) is 8.24. The molecule has 0 fully saturated rings. The van der Waals surface area contributed by atoms with E-state index in [1.165, 1.54) is 7.11 Å². The van der Waals surface area contributed by atoms with Crippen molar-refractivity contribution in [1.29, 1.82) is 0 Å². The number of fused-ring (bicyclic) bond motifs is 1. The lowest BCUT2D eigenvalue weighted by Gasteiger charge is -2.30. The highest BCUT2D eigenvalue weighted by molar-refractivity contribution is 6.06. The van der Waals surface area contributed by atoms with Gasteiger partial charge in [0.15, 0.2) is 0 Å². The van der Waals surface area contributed by atoms with Crippen LogP contribution in [0.1, 0.15) is 47.8 Å². The van der Waals surface area contributed by atoms with Gasteiger partial charge in [-0.05, 0) is 46.7 Å². The number of anilines is 1. The molecule has 0 atom stereocenters. The summed E-state index contributed by atoms with van der Waals surface area (Å²) >= 11 is 0. The van der Waals surface area contributed by atoms with Crippen molar-refractivity contribution in [1.82, 2.24) is 4.90 Å². The van der Waals surface area contributed by atoms with E-state index in [1.54, 1.807) is 24.3 Å². The molecule has 1 aliphatic rings. The van der Waals surface area contributed by atoms with Crippen LogP contribution in [-0.2, 0) is 23.2 Å². The van der Waals surface area contributed by atoms with Crippen LogP contribution < -0.4 is 10.1 Å². The second-order valence-electron chi connectivity index (χ2n) is 8.54. The Hall–Kier alpha value is -3.03. The Kier molecular flexibility index (Phi) is 6.02. The molecule has 2 aromatic rings. The molecule has 31 heavy (non-hydrogen) atoms. The van der Waals surface area contributed by atoms with Crippen molar-refractivity contribution >= 4 is 17.5 Å².